The highest BCUT2D eigenvalue weighted by Crippen LogP contribution is 2.33. The van der Waals surface area contributed by atoms with Crippen LogP contribution in [0.3, 0.4) is 0 Å². The first-order chi connectivity index (χ1) is 10.3. The van der Waals surface area contributed by atoms with Crippen LogP contribution in [0.25, 0.3) is 6.08 Å². The quantitative estimate of drug-likeness (QED) is 0.542. The maximum atomic E-state index is 12.5. The molecule has 1 aliphatic rings. The van der Waals surface area contributed by atoms with Crippen LogP contribution in [0.2, 0.25) is 0 Å². The molecular formula is C16H22N2OS2. The third-order valence-electron chi connectivity index (χ3n) is 3.20. The molecule has 1 aromatic heterocycles. The third-order valence-corrected chi connectivity index (χ3v) is 5.06. The number of amidine groups is 1. The minimum absolute atomic E-state index is 0.108. The summed E-state index contributed by atoms with van der Waals surface area (Å²) in [6.07, 6.45) is 6.29. The molecule has 21 heavy (non-hydrogen) atoms. The number of hydrogen-bond acceptors (Lipinski definition) is 4. The van der Waals surface area contributed by atoms with Crippen LogP contribution in [0.5, 0.6) is 0 Å². The summed E-state index contributed by atoms with van der Waals surface area (Å²) >= 11 is 3.17. The minimum atomic E-state index is 0.108. The van der Waals surface area contributed by atoms with Crippen molar-refractivity contribution in [3.05, 3.63) is 27.3 Å². The highest BCUT2D eigenvalue weighted by Gasteiger charge is 2.32. The van der Waals surface area contributed by atoms with Crippen molar-refractivity contribution in [2.75, 3.05) is 13.1 Å². The van der Waals surface area contributed by atoms with Gasteiger partial charge in [0.1, 0.15) is 0 Å². The van der Waals surface area contributed by atoms with Crippen molar-refractivity contribution >= 4 is 40.2 Å². The van der Waals surface area contributed by atoms with E-state index in [0.29, 0.717) is 0 Å². The molecule has 0 radical (unpaired) electrons. The first kappa shape index (κ1) is 16.3. The number of carbonyl (C=O) groups is 1. The molecule has 1 aromatic rings. The van der Waals surface area contributed by atoms with Gasteiger partial charge in [0.05, 0.1) is 4.91 Å². The van der Waals surface area contributed by atoms with Gasteiger partial charge in [0, 0.05) is 18.0 Å². The fourth-order valence-electron chi connectivity index (χ4n) is 1.97. The average Bonchev–Trinajstić information content (AvgIpc) is 3.08. The molecule has 2 heterocycles. The molecule has 0 aliphatic carbocycles. The van der Waals surface area contributed by atoms with Crippen molar-refractivity contribution in [2.45, 2.75) is 39.5 Å². The lowest BCUT2D eigenvalue weighted by molar-refractivity contribution is -0.122. The normalized spacial score (nSPS) is 19.1. The van der Waals surface area contributed by atoms with Crippen LogP contribution >= 0.6 is 23.1 Å². The van der Waals surface area contributed by atoms with E-state index in [-0.39, 0.29) is 5.91 Å². The van der Waals surface area contributed by atoms with Gasteiger partial charge in [-0.25, -0.2) is 0 Å². The molecule has 1 amide bonds. The molecule has 114 valence electrons. The van der Waals surface area contributed by atoms with Gasteiger partial charge in [-0.05, 0) is 42.1 Å². The second kappa shape index (κ2) is 8.39. The van der Waals surface area contributed by atoms with Crippen molar-refractivity contribution < 1.29 is 4.79 Å². The number of rotatable bonds is 7. The maximum Gasteiger partial charge on any atom is 0.266 e. The summed E-state index contributed by atoms with van der Waals surface area (Å²) in [6, 6.07) is 4.04. The van der Waals surface area contributed by atoms with Crippen LogP contribution in [-0.4, -0.2) is 29.1 Å². The lowest BCUT2D eigenvalue weighted by atomic mass is 10.3. The van der Waals surface area contributed by atoms with E-state index in [1.54, 1.807) is 11.3 Å². The van der Waals surface area contributed by atoms with Crippen LogP contribution in [0.1, 0.15) is 44.4 Å². The zero-order chi connectivity index (χ0) is 15.1. The van der Waals surface area contributed by atoms with E-state index in [1.807, 2.05) is 28.5 Å². The molecule has 1 saturated heterocycles. The largest absolute Gasteiger partial charge is 0.287 e. The Kier molecular flexibility index (Phi) is 6.51. The van der Waals surface area contributed by atoms with E-state index < -0.39 is 0 Å². The Balaban J connectivity index is 2.15. The second-order valence-electron chi connectivity index (χ2n) is 4.95. The van der Waals surface area contributed by atoms with Crippen molar-refractivity contribution in [1.29, 1.82) is 0 Å². The van der Waals surface area contributed by atoms with Crippen LogP contribution in [0.15, 0.2) is 27.4 Å². The minimum Gasteiger partial charge on any atom is -0.287 e. The van der Waals surface area contributed by atoms with Gasteiger partial charge in [0.2, 0.25) is 0 Å². The zero-order valence-corrected chi connectivity index (χ0v) is 14.3. The molecule has 1 fully saturated rings. The molecular weight excluding hydrogens is 300 g/mol. The Hall–Kier alpha value is -1.07. The number of nitrogens with zero attached hydrogens (tertiary/aromatic N) is 2. The molecule has 2 rings (SSSR count). The first-order valence-electron chi connectivity index (χ1n) is 7.55. The van der Waals surface area contributed by atoms with Crippen molar-refractivity contribution in [1.82, 2.24) is 4.90 Å². The standard InChI is InChI=1S/C16H22N2OS2/c1-3-5-9-17-16-18(10-6-4-2)15(19)14(21-16)12-13-8-7-11-20-13/h7-8,11-12H,3-6,9-10H2,1-2H3. The maximum absolute atomic E-state index is 12.5. The number of thioether (sulfide) groups is 1. The monoisotopic (exact) mass is 322 g/mol. The average molecular weight is 322 g/mol. The molecule has 0 spiro atoms. The Labute approximate surface area is 135 Å². The Bertz CT molecular complexity index is 520. The summed E-state index contributed by atoms with van der Waals surface area (Å²) in [5.41, 5.74) is 0. The Morgan fingerprint density at radius 1 is 1.29 bits per heavy atom. The highest BCUT2D eigenvalue weighted by atomic mass is 32.2. The lowest BCUT2D eigenvalue weighted by Crippen LogP contribution is -2.30. The van der Waals surface area contributed by atoms with Crippen LogP contribution in [0, 0.1) is 0 Å². The number of hydrogen-bond donors (Lipinski definition) is 0. The van der Waals surface area contributed by atoms with Gasteiger partial charge in [-0.1, -0.05) is 32.8 Å². The number of amides is 1. The van der Waals surface area contributed by atoms with E-state index in [9.17, 15) is 4.79 Å². The van der Waals surface area contributed by atoms with Crippen LogP contribution in [0.4, 0.5) is 0 Å². The molecule has 0 unspecified atom stereocenters. The molecule has 3 nitrogen and oxygen atoms in total. The summed E-state index contributed by atoms with van der Waals surface area (Å²) in [6.45, 7) is 5.88. The predicted molar refractivity (Wildman–Crippen MR) is 93.7 cm³/mol. The molecule has 0 bridgehead atoms. The van der Waals surface area contributed by atoms with Crippen LogP contribution < -0.4 is 0 Å². The van der Waals surface area contributed by atoms with E-state index >= 15 is 0 Å². The summed E-state index contributed by atoms with van der Waals surface area (Å²) in [7, 11) is 0. The van der Waals surface area contributed by atoms with Gasteiger partial charge >= 0.3 is 0 Å². The fourth-order valence-corrected chi connectivity index (χ4v) is 3.73. The topological polar surface area (TPSA) is 32.7 Å². The molecule has 0 atom stereocenters. The molecule has 0 saturated carbocycles. The lowest BCUT2D eigenvalue weighted by Gasteiger charge is -2.14. The van der Waals surface area contributed by atoms with Crippen molar-refractivity contribution in [2.24, 2.45) is 4.99 Å². The number of aliphatic imine (C=N–C) groups is 1. The van der Waals surface area contributed by atoms with Gasteiger partial charge < -0.3 is 0 Å². The third kappa shape index (κ3) is 4.45. The Morgan fingerprint density at radius 2 is 2.10 bits per heavy atom. The Morgan fingerprint density at radius 3 is 2.76 bits per heavy atom. The summed E-state index contributed by atoms with van der Waals surface area (Å²) in [5, 5.41) is 2.91. The van der Waals surface area contributed by atoms with Gasteiger partial charge in [0.25, 0.3) is 5.91 Å². The van der Waals surface area contributed by atoms with E-state index in [0.717, 1.165) is 53.7 Å². The molecule has 5 heteroatoms. The van der Waals surface area contributed by atoms with Crippen molar-refractivity contribution in [3.63, 3.8) is 0 Å². The van der Waals surface area contributed by atoms with Gasteiger partial charge in [-0.2, -0.15) is 0 Å². The first-order valence-corrected chi connectivity index (χ1v) is 9.25. The fraction of sp³-hybridized carbons (Fsp3) is 0.500. The highest BCUT2D eigenvalue weighted by molar-refractivity contribution is 8.18. The molecule has 1 aliphatic heterocycles. The second-order valence-corrected chi connectivity index (χ2v) is 6.94. The van der Waals surface area contributed by atoms with Gasteiger partial charge in [-0.3, -0.25) is 14.7 Å². The summed E-state index contributed by atoms with van der Waals surface area (Å²) in [5.74, 6) is 0.108. The number of thiophene rings is 1. The predicted octanol–water partition coefficient (Wildman–Crippen LogP) is 4.62. The SMILES string of the molecule is CCCCN=C1SC(=Cc2cccs2)C(=O)N1CCCC. The number of unbranched alkanes of at least 4 members (excludes halogenated alkanes) is 2. The van der Waals surface area contributed by atoms with Crippen molar-refractivity contribution in [3.8, 4) is 0 Å². The summed E-state index contributed by atoms with van der Waals surface area (Å²) in [4.78, 5) is 20.9. The molecule has 0 N–H and O–H groups in total. The number of carbonyl (C=O) groups excluding carboxylic acids is 1. The van der Waals surface area contributed by atoms with E-state index in [1.165, 1.54) is 11.8 Å². The van der Waals surface area contributed by atoms with Gasteiger partial charge in [-0.15, -0.1) is 11.3 Å². The molecule has 0 aromatic carbocycles. The van der Waals surface area contributed by atoms with E-state index in [2.05, 4.69) is 18.8 Å². The van der Waals surface area contributed by atoms with Gasteiger partial charge in [0.15, 0.2) is 5.17 Å². The smallest absolute Gasteiger partial charge is 0.266 e. The summed E-state index contributed by atoms with van der Waals surface area (Å²) < 4.78 is 0. The van der Waals surface area contributed by atoms with E-state index in [4.69, 9.17) is 0 Å². The van der Waals surface area contributed by atoms with Crippen LogP contribution in [-0.2, 0) is 4.79 Å². The zero-order valence-electron chi connectivity index (χ0n) is 12.7.